The minimum absolute atomic E-state index is 0.327. The summed E-state index contributed by atoms with van der Waals surface area (Å²) >= 11 is 1.55. The van der Waals surface area contributed by atoms with E-state index in [0.717, 1.165) is 4.88 Å². The number of benzene rings is 1. The molecule has 1 aliphatic rings. The summed E-state index contributed by atoms with van der Waals surface area (Å²) in [6, 6.07) is 11.1. The van der Waals surface area contributed by atoms with Gasteiger partial charge in [-0.15, -0.1) is 11.3 Å². The highest BCUT2D eigenvalue weighted by Gasteiger charge is 2.45. The largest absolute Gasteiger partial charge is 0.375 e. The van der Waals surface area contributed by atoms with Crippen molar-refractivity contribution < 1.29 is 9.90 Å². The highest BCUT2D eigenvalue weighted by atomic mass is 32.1. The molecule has 3 rings (SSSR count). The van der Waals surface area contributed by atoms with E-state index in [4.69, 9.17) is 0 Å². The van der Waals surface area contributed by atoms with Crippen molar-refractivity contribution in [1.82, 2.24) is 0 Å². The molecule has 2 aromatic rings. The normalized spacial score (nSPS) is 22.3. The zero-order valence-electron chi connectivity index (χ0n) is 9.01. The second kappa shape index (κ2) is 3.68. The summed E-state index contributed by atoms with van der Waals surface area (Å²) < 4.78 is 0. The smallest absolute Gasteiger partial charge is 0.261 e. The van der Waals surface area contributed by atoms with Gasteiger partial charge in [0.2, 0.25) is 0 Å². The van der Waals surface area contributed by atoms with Crippen LogP contribution in [0.3, 0.4) is 0 Å². The fourth-order valence-electron chi connectivity index (χ4n) is 2.14. The number of thiophene rings is 1. The molecule has 2 heterocycles. The molecule has 1 aromatic heterocycles. The Morgan fingerprint density at radius 1 is 1.24 bits per heavy atom. The van der Waals surface area contributed by atoms with Crippen molar-refractivity contribution in [3.05, 3.63) is 52.2 Å². The van der Waals surface area contributed by atoms with Crippen LogP contribution in [0.2, 0.25) is 0 Å². The molecule has 0 saturated heterocycles. The summed E-state index contributed by atoms with van der Waals surface area (Å²) in [4.78, 5) is 12.9. The minimum Gasteiger partial charge on any atom is -0.375 e. The lowest BCUT2D eigenvalue weighted by Gasteiger charge is -2.19. The molecule has 1 aromatic carbocycles. The Labute approximate surface area is 103 Å². The molecule has 0 saturated carbocycles. The third kappa shape index (κ3) is 1.57. The maximum Gasteiger partial charge on any atom is 0.261 e. The van der Waals surface area contributed by atoms with E-state index in [1.54, 1.807) is 23.5 Å². The van der Waals surface area contributed by atoms with Gasteiger partial charge in [-0.25, -0.2) is 0 Å². The zero-order valence-corrected chi connectivity index (χ0v) is 9.83. The van der Waals surface area contributed by atoms with Gasteiger partial charge in [0.1, 0.15) is 0 Å². The van der Waals surface area contributed by atoms with Crippen LogP contribution in [0.25, 0.3) is 0 Å². The zero-order chi connectivity index (χ0) is 11.9. The molecular weight excluding hydrogens is 234 g/mol. The van der Waals surface area contributed by atoms with E-state index >= 15 is 0 Å². The van der Waals surface area contributed by atoms with E-state index in [1.807, 2.05) is 29.6 Å². The molecule has 1 atom stereocenters. The highest BCUT2D eigenvalue weighted by molar-refractivity contribution is 7.09. The number of anilines is 1. The fourth-order valence-corrected chi connectivity index (χ4v) is 2.92. The van der Waals surface area contributed by atoms with Crippen LogP contribution in [0.15, 0.2) is 41.8 Å². The average molecular weight is 245 g/mol. The Hall–Kier alpha value is -1.65. The van der Waals surface area contributed by atoms with Crippen LogP contribution in [-0.4, -0.2) is 11.0 Å². The van der Waals surface area contributed by atoms with E-state index in [2.05, 4.69) is 5.32 Å². The predicted molar refractivity (Wildman–Crippen MR) is 67.0 cm³/mol. The lowest BCUT2D eigenvalue weighted by atomic mass is 9.91. The minimum atomic E-state index is -1.43. The van der Waals surface area contributed by atoms with Crippen molar-refractivity contribution in [2.75, 3.05) is 5.32 Å². The Morgan fingerprint density at radius 3 is 2.82 bits per heavy atom. The molecular formula is C13H11NO2S. The number of hydrogen-bond acceptors (Lipinski definition) is 3. The molecule has 3 nitrogen and oxygen atoms in total. The number of nitrogens with one attached hydrogen (secondary N) is 1. The molecule has 1 unspecified atom stereocenters. The molecule has 1 aliphatic heterocycles. The third-order valence-corrected chi connectivity index (χ3v) is 3.88. The first-order chi connectivity index (χ1) is 8.20. The summed E-state index contributed by atoms with van der Waals surface area (Å²) in [6.07, 6.45) is 0.327. The first-order valence-electron chi connectivity index (χ1n) is 5.36. The molecule has 0 radical (unpaired) electrons. The van der Waals surface area contributed by atoms with Crippen LogP contribution in [0.1, 0.15) is 10.4 Å². The van der Waals surface area contributed by atoms with Crippen molar-refractivity contribution in [3.63, 3.8) is 0 Å². The first kappa shape index (κ1) is 10.5. The maximum absolute atomic E-state index is 11.9. The summed E-state index contributed by atoms with van der Waals surface area (Å²) in [5.41, 5.74) is -0.0588. The number of hydrogen-bond donors (Lipinski definition) is 2. The second-order valence-corrected chi connectivity index (χ2v) is 5.15. The van der Waals surface area contributed by atoms with Gasteiger partial charge in [0.25, 0.3) is 5.91 Å². The van der Waals surface area contributed by atoms with E-state index in [-0.39, 0.29) is 5.91 Å². The van der Waals surface area contributed by atoms with Crippen molar-refractivity contribution in [2.45, 2.75) is 12.0 Å². The Balaban J connectivity index is 2.04. The molecule has 0 spiro atoms. The van der Waals surface area contributed by atoms with Crippen LogP contribution < -0.4 is 5.32 Å². The van der Waals surface area contributed by atoms with E-state index in [1.165, 1.54) is 0 Å². The molecule has 4 heteroatoms. The standard InChI is InChI=1S/C13H11NO2S/c15-12-13(16,8-9-4-3-7-17-9)10-5-1-2-6-11(10)14-12/h1-7,16H,8H2,(H,14,15). The number of rotatable bonds is 2. The first-order valence-corrected chi connectivity index (χ1v) is 6.24. The number of carbonyl (C=O) groups is 1. The van der Waals surface area contributed by atoms with Gasteiger partial charge in [-0.3, -0.25) is 4.79 Å². The quantitative estimate of drug-likeness (QED) is 0.851. The van der Waals surface area contributed by atoms with E-state index < -0.39 is 5.60 Å². The monoisotopic (exact) mass is 245 g/mol. The lowest BCUT2D eigenvalue weighted by molar-refractivity contribution is -0.133. The molecule has 0 fully saturated rings. The molecule has 0 aliphatic carbocycles. The molecule has 2 N–H and O–H groups in total. The van der Waals surface area contributed by atoms with E-state index in [9.17, 15) is 9.90 Å². The van der Waals surface area contributed by atoms with Crippen LogP contribution in [0.4, 0.5) is 5.69 Å². The maximum atomic E-state index is 11.9. The van der Waals surface area contributed by atoms with Crippen LogP contribution in [0, 0.1) is 0 Å². The van der Waals surface area contributed by atoms with Gasteiger partial charge in [-0.2, -0.15) is 0 Å². The summed E-state index contributed by atoms with van der Waals surface area (Å²) in [5.74, 6) is -0.341. The van der Waals surface area contributed by atoms with Gasteiger partial charge in [0, 0.05) is 22.5 Å². The van der Waals surface area contributed by atoms with Gasteiger partial charge in [-0.1, -0.05) is 24.3 Å². The highest BCUT2D eigenvalue weighted by Crippen LogP contribution is 2.38. The summed E-state index contributed by atoms with van der Waals surface area (Å²) in [5, 5.41) is 15.2. The number of carbonyl (C=O) groups excluding carboxylic acids is 1. The average Bonchev–Trinajstić information content (AvgIpc) is 2.89. The number of aliphatic hydroxyl groups is 1. The Morgan fingerprint density at radius 2 is 2.06 bits per heavy atom. The topological polar surface area (TPSA) is 49.3 Å². The van der Waals surface area contributed by atoms with Gasteiger partial charge in [0.15, 0.2) is 5.60 Å². The van der Waals surface area contributed by atoms with Gasteiger partial charge in [-0.05, 0) is 17.5 Å². The van der Waals surface area contributed by atoms with Crippen LogP contribution in [-0.2, 0) is 16.8 Å². The van der Waals surface area contributed by atoms with Gasteiger partial charge in [0.05, 0.1) is 0 Å². The molecule has 86 valence electrons. The fraction of sp³-hybridized carbons (Fsp3) is 0.154. The Kier molecular flexibility index (Phi) is 2.28. The van der Waals surface area contributed by atoms with Gasteiger partial charge < -0.3 is 10.4 Å². The third-order valence-electron chi connectivity index (χ3n) is 3.01. The van der Waals surface area contributed by atoms with Crippen molar-refractivity contribution in [1.29, 1.82) is 0 Å². The van der Waals surface area contributed by atoms with Crippen molar-refractivity contribution >= 4 is 22.9 Å². The molecule has 0 bridgehead atoms. The lowest BCUT2D eigenvalue weighted by Crippen LogP contribution is -2.36. The van der Waals surface area contributed by atoms with Gasteiger partial charge >= 0.3 is 0 Å². The second-order valence-electron chi connectivity index (χ2n) is 4.12. The Bertz CT molecular complexity index is 565. The SMILES string of the molecule is O=C1Nc2ccccc2C1(O)Cc1cccs1. The van der Waals surface area contributed by atoms with Crippen molar-refractivity contribution in [2.24, 2.45) is 0 Å². The predicted octanol–water partition coefficient (Wildman–Crippen LogP) is 2.13. The molecule has 17 heavy (non-hydrogen) atoms. The van der Waals surface area contributed by atoms with E-state index in [0.29, 0.717) is 17.7 Å². The number of amides is 1. The molecule has 1 amide bonds. The summed E-state index contributed by atoms with van der Waals surface area (Å²) in [7, 11) is 0. The van der Waals surface area contributed by atoms with Crippen LogP contribution >= 0.6 is 11.3 Å². The van der Waals surface area contributed by atoms with Crippen molar-refractivity contribution in [3.8, 4) is 0 Å². The number of para-hydroxylation sites is 1. The van der Waals surface area contributed by atoms with Crippen LogP contribution in [0.5, 0.6) is 0 Å². The summed E-state index contributed by atoms with van der Waals surface area (Å²) in [6.45, 7) is 0. The number of fused-ring (bicyclic) bond motifs is 1.